The quantitative estimate of drug-likeness (QED) is 0.791. The number of carbonyl (C=O) groups excluding carboxylic acids is 1. The number of aliphatic hydroxyl groups is 1. The maximum atomic E-state index is 11.7. The van der Waals surface area contributed by atoms with Crippen molar-refractivity contribution in [2.75, 3.05) is 6.54 Å². The van der Waals surface area contributed by atoms with Gasteiger partial charge in [0.1, 0.15) is 5.75 Å². The summed E-state index contributed by atoms with van der Waals surface area (Å²) in [6.07, 6.45) is 0.635. The molecule has 0 bridgehead atoms. The van der Waals surface area contributed by atoms with E-state index in [1.54, 1.807) is 6.92 Å². The number of hydrogen-bond acceptors (Lipinski definition) is 3. The number of nitrogens with one attached hydrogen (secondary N) is 1. The Morgan fingerprint density at radius 1 is 1.37 bits per heavy atom. The Morgan fingerprint density at radius 2 is 2.11 bits per heavy atom. The van der Waals surface area contributed by atoms with Gasteiger partial charge in [0.15, 0.2) is 0 Å². The molecule has 0 heterocycles. The van der Waals surface area contributed by atoms with Gasteiger partial charge in [0.2, 0.25) is 5.91 Å². The predicted octanol–water partition coefficient (Wildman–Crippen LogP) is 1.90. The molecule has 0 fully saturated rings. The number of hydrogen-bond donors (Lipinski definition) is 2. The maximum absolute atomic E-state index is 11.7. The number of benzene rings is 1. The van der Waals surface area contributed by atoms with Gasteiger partial charge in [0.25, 0.3) is 0 Å². The van der Waals surface area contributed by atoms with Gasteiger partial charge in [0.05, 0.1) is 18.6 Å². The lowest BCUT2D eigenvalue weighted by atomic mass is 10.1. The van der Waals surface area contributed by atoms with Crippen molar-refractivity contribution in [3.05, 3.63) is 29.8 Å². The molecule has 1 aromatic rings. The molecule has 0 saturated carbocycles. The molecule has 1 rings (SSSR count). The summed E-state index contributed by atoms with van der Waals surface area (Å²) in [5.41, 5.74) is 0.924. The van der Waals surface area contributed by atoms with Crippen LogP contribution in [-0.4, -0.2) is 29.8 Å². The van der Waals surface area contributed by atoms with E-state index in [-0.39, 0.29) is 18.1 Å². The summed E-state index contributed by atoms with van der Waals surface area (Å²) in [5, 5.41) is 11.9. The minimum absolute atomic E-state index is 0.0395. The van der Waals surface area contributed by atoms with Crippen LogP contribution in [0.3, 0.4) is 0 Å². The van der Waals surface area contributed by atoms with Crippen LogP contribution in [0.2, 0.25) is 0 Å². The van der Waals surface area contributed by atoms with Gasteiger partial charge in [-0.05, 0) is 44.9 Å². The average Bonchev–Trinajstić information content (AvgIpc) is 2.27. The third kappa shape index (κ3) is 6.82. The second kappa shape index (κ2) is 7.79. The third-order valence-corrected chi connectivity index (χ3v) is 2.52. The zero-order chi connectivity index (χ0) is 14.3. The first kappa shape index (κ1) is 15.5. The Hall–Kier alpha value is -1.55. The van der Waals surface area contributed by atoms with E-state index < -0.39 is 0 Å². The number of carbonyl (C=O) groups is 1. The van der Waals surface area contributed by atoms with Gasteiger partial charge in [-0.15, -0.1) is 0 Å². The van der Waals surface area contributed by atoms with Crippen molar-refractivity contribution in [2.24, 2.45) is 0 Å². The minimum Gasteiger partial charge on any atom is -0.491 e. The predicted molar refractivity (Wildman–Crippen MR) is 75.2 cm³/mol. The minimum atomic E-state index is -0.386. The molecule has 0 aliphatic carbocycles. The normalized spacial score (nSPS) is 12.3. The Bertz CT molecular complexity index is 402. The van der Waals surface area contributed by atoms with Crippen LogP contribution < -0.4 is 10.1 Å². The molecule has 4 heteroatoms. The molecule has 0 aliphatic rings. The number of rotatable bonds is 7. The summed E-state index contributed by atoms with van der Waals surface area (Å²) in [7, 11) is 0. The molecule has 0 spiro atoms. The average molecular weight is 265 g/mol. The van der Waals surface area contributed by atoms with E-state index in [4.69, 9.17) is 9.84 Å². The van der Waals surface area contributed by atoms with E-state index >= 15 is 0 Å². The van der Waals surface area contributed by atoms with Gasteiger partial charge in [-0.3, -0.25) is 4.79 Å². The summed E-state index contributed by atoms with van der Waals surface area (Å²) in [6.45, 7) is 6.14. The maximum Gasteiger partial charge on any atom is 0.224 e. The van der Waals surface area contributed by atoms with Crippen molar-refractivity contribution in [3.63, 3.8) is 0 Å². The molecule has 0 saturated heterocycles. The SMILES string of the molecule is CC(O)CCNC(=O)Cc1cccc(OC(C)C)c1. The Morgan fingerprint density at radius 3 is 2.74 bits per heavy atom. The van der Waals surface area contributed by atoms with Crippen LogP contribution in [0, 0.1) is 0 Å². The first-order valence-electron chi connectivity index (χ1n) is 6.67. The fourth-order valence-electron chi connectivity index (χ4n) is 1.67. The molecule has 2 N–H and O–H groups in total. The highest BCUT2D eigenvalue weighted by Crippen LogP contribution is 2.15. The lowest BCUT2D eigenvalue weighted by molar-refractivity contribution is -0.120. The topological polar surface area (TPSA) is 58.6 Å². The number of ether oxygens (including phenoxy) is 1. The smallest absolute Gasteiger partial charge is 0.224 e. The third-order valence-electron chi connectivity index (χ3n) is 2.52. The van der Waals surface area contributed by atoms with E-state index in [9.17, 15) is 4.79 Å². The second-order valence-electron chi connectivity index (χ2n) is 4.98. The van der Waals surface area contributed by atoms with Crippen LogP contribution in [0.5, 0.6) is 5.75 Å². The van der Waals surface area contributed by atoms with Gasteiger partial charge in [-0.25, -0.2) is 0 Å². The van der Waals surface area contributed by atoms with Gasteiger partial charge >= 0.3 is 0 Å². The Balaban J connectivity index is 2.45. The Labute approximate surface area is 114 Å². The van der Waals surface area contributed by atoms with Crippen molar-refractivity contribution in [1.82, 2.24) is 5.32 Å². The van der Waals surface area contributed by atoms with Gasteiger partial charge in [-0.2, -0.15) is 0 Å². The van der Waals surface area contributed by atoms with E-state index in [0.717, 1.165) is 11.3 Å². The second-order valence-corrected chi connectivity index (χ2v) is 4.98. The highest BCUT2D eigenvalue weighted by atomic mass is 16.5. The summed E-state index contributed by atoms with van der Waals surface area (Å²) >= 11 is 0. The molecule has 4 nitrogen and oxygen atoms in total. The largest absolute Gasteiger partial charge is 0.491 e. The number of aliphatic hydroxyl groups excluding tert-OH is 1. The van der Waals surface area contributed by atoms with E-state index in [0.29, 0.717) is 19.4 Å². The molecule has 1 atom stereocenters. The number of amides is 1. The van der Waals surface area contributed by atoms with Crippen LogP contribution >= 0.6 is 0 Å². The zero-order valence-electron chi connectivity index (χ0n) is 11.8. The fourth-order valence-corrected chi connectivity index (χ4v) is 1.67. The van der Waals surface area contributed by atoms with Gasteiger partial charge < -0.3 is 15.2 Å². The fraction of sp³-hybridized carbons (Fsp3) is 0.533. The highest BCUT2D eigenvalue weighted by molar-refractivity contribution is 5.78. The molecule has 1 aromatic carbocycles. The van der Waals surface area contributed by atoms with Crippen molar-refractivity contribution in [3.8, 4) is 5.75 Å². The van der Waals surface area contributed by atoms with Crippen molar-refractivity contribution in [2.45, 2.75) is 45.8 Å². The zero-order valence-corrected chi connectivity index (χ0v) is 11.8. The molecule has 106 valence electrons. The standard InChI is InChI=1S/C15H23NO3/c1-11(2)19-14-6-4-5-13(9-14)10-15(18)16-8-7-12(3)17/h4-6,9,11-12,17H,7-8,10H2,1-3H3,(H,16,18). The molecule has 19 heavy (non-hydrogen) atoms. The van der Waals surface area contributed by atoms with Crippen LogP contribution in [0.25, 0.3) is 0 Å². The molecule has 1 unspecified atom stereocenters. The molecule has 1 amide bonds. The first-order chi connectivity index (χ1) is 8.97. The summed E-state index contributed by atoms with van der Waals surface area (Å²) in [4.78, 5) is 11.7. The monoisotopic (exact) mass is 265 g/mol. The van der Waals surface area contributed by atoms with Crippen LogP contribution in [0.1, 0.15) is 32.8 Å². The van der Waals surface area contributed by atoms with E-state index in [2.05, 4.69) is 5.32 Å². The molecular formula is C15H23NO3. The van der Waals surface area contributed by atoms with Crippen LogP contribution in [0.15, 0.2) is 24.3 Å². The summed E-state index contributed by atoms with van der Waals surface area (Å²) in [5.74, 6) is 0.742. The molecule has 0 radical (unpaired) electrons. The van der Waals surface area contributed by atoms with E-state index in [1.165, 1.54) is 0 Å². The lowest BCUT2D eigenvalue weighted by Crippen LogP contribution is -2.27. The van der Waals surface area contributed by atoms with E-state index in [1.807, 2.05) is 38.1 Å². The van der Waals surface area contributed by atoms with Gasteiger partial charge in [-0.1, -0.05) is 12.1 Å². The molecule has 0 aliphatic heterocycles. The van der Waals surface area contributed by atoms with Crippen molar-refractivity contribution < 1.29 is 14.6 Å². The van der Waals surface area contributed by atoms with Gasteiger partial charge in [0, 0.05) is 6.54 Å². The van der Waals surface area contributed by atoms with Crippen molar-refractivity contribution in [1.29, 1.82) is 0 Å². The Kier molecular flexibility index (Phi) is 6.36. The summed E-state index contributed by atoms with van der Waals surface area (Å²) < 4.78 is 5.58. The van der Waals surface area contributed by atoms with Crippen molar-refractivity contribution >= 4 is 5.91 Å². The molecular weight excluding hydrogens is 242 g/mol. The summed E-state index contributed by atoms with van der Waals surface area (Å²) in [6, 6.07) is 7.56. The lowest BCUT2D eigenvalue weighted by Gasteiger charge is -2.11. The van der Waals surface area contributed by atoms with Crippen LogP contribution in [0.4, 0.5) is 0 Å². The highest BCUT2D eigenvalue weighted by Gasteiger charge is 2.05. The van der Waals surface area contributed by atoms with Crippen LogP contribution in [-0.2, 0) is 11.2 Å². The molecule has 0 aromatic heterocycles. The first-order valence-corrected chi connectivity index (χ1v) is 6.67.